The van der Waals surface area contributed by atoms with Crippen LogP contribution in [-0.2, 0) is 28.6 Å². The maximum atomic E-state index is 12.9. The third-order valence-electron chi connectivity index (χ3n) is 14.0. The van der Waals surface area contributed by atoms with Crippen LogP contribution in [0.4, 0.5) is 0 Å². The van der Waals surface area contributed by atoms with Gasteiger partial charge in [0, 0.05) is 19.3 Å². The molecule has 0 aliphatic rings. The fourth-order valence-corrected chi connectivity index (χ4v) is 9.28. The first-order valence-electron chi connectivity index (χ1n) is 31.8. The molecular formula is C67H120O6. The number of hydrogen-bond acceptors (Lipinski definition) is 6. The highest BCUT2D eigenvalue weighted by Gasteiger charge is 2.19. The Kier molecular flexibility index (Phi) is 59.2. The predicted molar refractivity (Wildman–Crippen MR) is 316 cm³/mol. The van der Waals surface area contributed by atoms with E-state index in [-0.39, 0.29) is 37.5 Å². The Bertz CT molecular complexity index is 1310. The summed E-state index contributed by atoms with van der Waals surface area (Å²) in [7, 11) is 0. The van der Waals surface area contributed by atoms with Gasteiger partial charge in [-0.05, 0) is 70.6 Å². The van der Waals surface area contributed by atoms with E-state index in [1.54, 1.807) is 0 Å². The van der Waals surface area contributed by atoms with Crippen LogP contribution < -0.4 is 0 Å². The largest absolute Gasteiger partial charge is 0.462 e. The van der Waals surface area contributed by atoms with Gasteiger partial charge in [-0.2, -0.15) is 0 Å². The van der Waals surface area contributed by atoms with Crippen LogP contribution in [0, 0.1) is 0 Å². The Balaban J connectivity index is 4.33. The minimum Gasteiger partial charge on any atom is -0.462 e. The Labute approximate surface area is 453 Å². The average molecular weight is 1020 g/mol. The molecule has 0 aromatic heterocycles. The quantitative estimate of drug-likeness (QED) is 0.0261. The van der Waals surface area contributed by atoms with Gasteiger partial charge >= 0.3 is 17.9 Å². The minimum absolute atomic E-state index is 0.0942. The summed E-state index contributed by atoms with van der Waals surface area (Å²) < 4.78 is 16.9. The molecule has 0 aliphatic heterocycles. The second kappa shape index (κ2) is 61.7. The highest BCUT2D eigenvalue weighted by atomic mass is 16.6. The van der Waals surface area contributed by atoms with Crippen LogP contribution in [-0.4, -0.2) is 37.2 Å². The lowest BCUT2D eigenvalue weighted by Crippen LogP contribution is -2.30. The van der Waals surface area contributed by atoms with Gasteiger partial charge in [0.1, 0.15) is 13.2 Å². The van der Waals surface area contributed by atoms with Crippen LogP contribution in [0.3, 0.4) is 0 Å². The molecule has 0 saturated carbocycles. The van der Waals surface area contributed by atoms with Crippen LogP contribution >= 0.6 is 0 Å². The third kappa shape index (κ3) is 59.9. The topological polar surface area (TPSA) is 78.9 Å². The standard InChI is InChI=1S/C67H120O6/c1-4-7-10-13-16-19-22-25-27-29-31-33-35-37-39-42-45-48-51-54-57-60-66(69)72-63-64(62-71-65(68)59-56-53-50-47-44-41-24-21-18-15-12-9-6-3)73-67(70)61-58-55-52-49-46-43-40-38-36-34-32-30-28-26-23-20-17-14-11-8-5-2/h9,12,18,21,29,31,41,44,50,53,64H,4-8,10-11,13-17,19-20,22-28,30,32-40,42-43,45-49,51-52,54-63H2,1-3H3/b12-9-,21-18-,31-29-,44-41-,53-50-. The molecule has 6 nitrogen and oxygen atoms in total. The molecule has 0 fully saturated rings. The van der Waals surface area contributed by atoms with Gasteiger partial charge in [0.2, 0.25) is 0 Å². The van der Waals surface area contributed by atoms with Gasteiger partial charge < -0.3 is 14.2 Å². The Morgan fingerprint density at radius 1 is 0.288 bits per heavy atom. The van der Waals surface area contributed by atoms with Crippen LogP contribution in [0.25, 0.3) is 0 Å². The first kappa shape index (κ1) is 70.1. The van der Waals surface area contributed by atoms with E-state index in [0.29, 0.717) is 19.3 Å². The normalized spacial score (nSPS) is 12.4. The van der Waals surface area contributed by atoms with Gasteiger partial charge in [0.15, 0.2) is 6.10 Å². The van der Waals surface area contributed by atoms with E-state index >= 15 is 0 Å². The molecule has 0 aromatic rings. The number of esters is 3. The van der Waals surface area contributed by atoms with Gasteiger partial charge in [0.05, 0.1) is 0 Å². The first-order chi connectivity index (χ1) is 36.0. The van der Waals surface area contributed by atoms with Crippen LogP contribution in [0.15, 0.2) is 60.8 Å². The zero-order valence-electron chi connectivity index (χ0n) is 48.7. The van der Waals surface area contributed by atoms with E-state index < -0.39 is 6.10 Å². The van der Waals surface area contributed by atoms with E-state index in [0.717, 1.165) is 64.2 Å². The molecule has 0 saturated heterocycles. The zero-order chi connectivity index (χ0) is 52.9. The number of allylic oxidation sites excluding steroid dienone is 10. The van der Waals surface area contributed by atoms with Crippen molar-refractivity contribution in [2.75, 3.05) is 13.2 Å². The molecule has 0 aromatic carbocycles. The molecule has 0 radical (unpaired) electrons. The van der Waals surface area contributed by atoms with Crippen molar-refractivity contribution in [3.8, 4) is 0 Å². The molecule has 0 aliphatic carbocycles. The highest BCUT2D eigenvalue weighted by molar-refractivity contribution is 5.71. The number of rotatable bonds is 58. The monoisotopic (exact) mass is 1020 g/mol. The fraction of sp³-hybridized carbons (Fsp3) is 0.806. The molecule has 0 spiro atoms. The van der Waals surface area contributed by atoms with Crippen molar-refractivity contribution in [1.82, 2.24) is 0 Å². The molecule has 0 N–H and O–H groups in total. The number of hydrogen-bond donors (Lipinski definition) is 0. The Morgan fingerprint density at radius 3 is 0.918 bits per heavy atom. The number of carbonyl (C=O) groups is 3. The third-order valence-corrected chi connectivity index (χ3v) is 14.0. The van der Waals surface area contributed by atoms with Crippen LogP contribution in [0.2, 0.25) is 0 Å². The van der Waals surface area contributed by atoms with Crippen molar-refractivity contribution in [3.05, 3.63) is 60.8 Å². The summed E-state index contributed by atoms with van der Waals surface area (Å²) in [5.41, 5.74) is 0. The fourth-order valence-electron chi connectivity index (χ4n) is 9.28. The number of carbonyl (C=O) groups excluding carboxylic acids is 3. The Morgan fingerprint density at radius 2 is 0.562 bits per heavy atom. The van der Waals surface area contributed by atoms with Crippen molar-refractivity contribution in [3.63, 3.8) is 0 Å². The zero-order valence-corrected chi connectivity index (χ0v) is 48.7. The molecule has 424 valence electrons. The van der Waals surface area contributed by atoms with Crippen molar-refractivity contribution in [2.24, 2.45) is 0 Å². The highest BCUT2D eigenvalue weighted by Crippen LogP contribution is 2.17. The molecule has 0 amide bonds. The summed E-state index contributed by atoms with van der Waals surface area (Å²) in [5.74, 6) is -0.963. The number of unbranched alkanes of at least 4 members (excludes halogenated alkanes) is 37. The average Bonchev–Trinajstić information content (AvgIpc) is 3.39. The molecule has 0 bridgehead atoms. The van der Waals surface area contributed by atoms with E-state index in [1.807, 2.05) is 6.08 Å². The van der Waals surface area contributed by atoms with Crippen molar-refractivity contribution in [2.45, 2.75) is 335 Å². The van der Waals surface area contributed by atoms with E-state index in [2.05, 4.69) is 75.5 Å². The maximum absolute atomic E-state index is 12.9. The van der Waals surface area contributed by atoms with Crippen LogP contribution in [0.5, 0.6) is 0 Å². The molecule has 0 heterocycles. The molecule has 1 unspecified atom stereocenters. The van der Waals surface area contributed by atoms with Gasteiger partial charge in [-0.15, -0.1) is 0 Å². The van der Waals surface area contributed by atoms with Gasteiger partial charge in [-0.1, -0.05) is 300 Å². The lowest BCUT2D eigenvalue weighted by atomic mass is 10.0. The van der Waals surface area contributed by atoms with E-state index in [4.69, 9.17) is 14.2 Å². The lowest BCUT2D eigenvalue weighted by Gasteiger charge is -2.18. The summed E-state index contributed by atoms with van der Waals surface area (Å²) >= 11 is 0. The predicted octanol–water partition coefficient (Wildman–Crippen LogP) is 21.6. The van der Waals surface area contributed by atoms with Crippen molar-refractivity contribution < 1.29 is 28.6 Å². The van der Waals surface area contributed by atoms with Gasteiger partial charge in [-0.3, -0.25) is 14.4 Å². The van der Waals surface area contributed by atoms with Crippen LogP contribution in [0.1, 0.15) is 329 Å². The number of ether oxygens (including phenoxy) is 3. The van der Waals surface area contributed by atoms with E-state index in [9.17, 15) is 14.4 Å². The molecule has 1 atom stereocenters. The minimum atomic E-state index is -0.802. The molecule has 73 heavy (non-hydrogen) atoms. The van der Waals surface area contributed by atoms with Gasteiger partial charge in [-0.25, -0.2) is 0 Å². The first-order valence-corrected chi connectivity index (χ1v) is 31.8. The second-order valence-corrected chi connectivity index (χ2v) is 21.3. The molecule has 6 heteroatoms. The Hall–Kier alpha value is -2.89. The van der Waals surface area contributed by atoms with Crippen molar-refractivity contribution in [1.29, 1.82) is 0 Å². The van der Waals surface area contributed by atoms with E-state index in [1.165, 1.54) is 218 Å². The maximum Gasteiger partial charge on any atom is 0.306 e. The summed E-state index contributed by atoms with van der Waals surface area (Å²) in [6.07, 6.45) is 78.2. The molecular weight excluding hydrogens is 901 g/mol. The summed E-state index contributed by atoms with van der Waals surface area (Å²) in [6, 6.07) is 0. The smallest absolute Gasteiger partial charge is 0.306 e. The summed E-state index contributed by atoms with van der Waals surface area (Å²) in [5, 5.41) is 0. The lowest BCUT2D eigenvalue weighted by molar-refractivity contribution is -0.166. The summed E-state index contributed by atoms with van der Waals surface area (Å²) in [6.45, 7) is 6.51. The van der Waals surface area contributed by atoms with Crippen molar-refractivity contribution >= 4 is 17.9 Å². The SMILES string of the molecule is CC/C=C\C/C=C\C/C=C\C/C=C\CCC(=O)OCC(COC(=O)CCCCCCCCCCC/C=C\CCCCCCCCCC)OC(=O)CCCCCCCCCCCCCCCCCCCCCCC. The molecule has 0 rings (SSSR count). The second-order valence-electron chi connectivity index (χ2n) is 21.3. The van der Waals surface area contributed by atoms with Gasteiger partial charge in [0.25, 0.3) is 0 Å². The summed E-state index contributed by atoms with van der Waals surface area (Å²) in [4.78, 5) is 38.2.